The fraction of sp³-hybridized carbons (Fsp3) is 0.0455. The molecule has 2 aromatic carbocycles. The molecule has 0 atom stereocenters. The third-order valence-corrected chi connectivity index (χ3v) is 5.31. The first kappa shape index (κ1) is 20.7. The normalized spacial score (nSPS) is 10.6. The molecule has 2 rings (SSSR count). The zero-order valence-electron chi connectivity index (χ0n) is 14.8. The van der Waals surface area contributed by atoms with Gasteiger partial charge in [0.15, 0.2) is 5.78 Å². The van der Waals surface area contributed by atoms with Gasteiger partial charge in [0.05, 0.1) is 0 Å². The van der Waals surface area contributed by atoms with Crippen molar-refractivity contribution in [3.05, 3.63) is 90.5 Å². The van der Waals surface area contributed by atoms with Crippen molar-refractivity contribution in [1.29, 1.82) is 0 Å². The minimum Gasteiger partial charge on any atom is -0.289 e. The van der Waals surface area contributed by atoms with E-state index >= 15 is 0 Å². The highest BCUT2D eigenvalue weighted by Crippen LogP contribution is 2.23. The van der Waals surface area contributed by atoms with E-state index in [1.165, 1.54) is 12.2 Å². The molecule has 5 heteroatoms. The van der Waals surface area contributed by atoms with Crippen molar-refractivity contribution in [2.45, 2.75) is 16.7 Å². The summed E-state index contributed by atoms with van der Waals surface area (Å²) >= 11 is 2.19. The van der Waals surface area contributed by atoms with Crippen LogP contribution in [0.4, 0.5) is 0 Å². The summed E-state index contributed by atoms with van der Waals surface area (Å²) in [5.41, 5.74) is 1.89. The standard InChI is InChI=1S/C22H18O3S2/c1-4-21(24)26-18-10-5-16(6-11-18)7-14-20(23)17-8-12-19(13-9-17)27-22(25)15(2)3/h4-14H,1-2H2,3H3. The summed E-state index contributed by atoms with van der Waals surface area (Å²) in [7, 11) is 0. The van der Waals surface area contributed by atoms with E-state index in [2.05, 4.69) is 13.2 Å². The monoisotopic (exact) mass is 394 g/mol. The van der Waals surface area contributed by atoms with Crippen LogP contribution >= 0.6 is 23.5 Å². The Morgan fingerprint density at radius 1 is 0.889 bits per heavy atom. The Bertz CT molecular complexity index is 908. The van der Waals surface area contributed by atoms with Crippen molar-refractivity contribution in [3.8, 4) is 0 Å². The lowest BCUT2D eigenvalue weighted by atomic mass is 10.1. The van der Waals surface area contributed by atoms with E-state index in [1.807, 2.05) is 24.3 Å². The number of allylic oxidation sites excluding steroid dienone is 1. The van der Waals surface area contributed by atoms with Crippen LogP contribution in [0.2, 0.25) is 0 Å². The minimum atomic E-state index is -0.127. The number of thioether (sulfide) groups is 2. The molecule has 136 valence electrons. The molecule has 27 heavy (non-hydrogen) atoms. The zero-order chi connectivity index (χ0) is 19.8. The van der Waals surface area contributed by atoms with Crippen molar-refractivity contribution in [1.82, 2.24) is 0 Å². The topological polar surface area (TPSA) is 51.2 Å². The Balaban J connectivity index is 1.99. The van der Waals surface area contributed by atoms with Crippen LogP contribution < -0.4 is 0 Å². The molecule has 2 aromatic rings. The van der Waals surface area contributed by atoms with Crippen LogP contribution in [-0.4, -0.2) is 16.0 Å². The van der Waals surface area contributed by atoms with Gasteiger partial charge in [-0.15, -0.1) is 0 Å². The summed E-state index contributed by atoms with van der Waals surface area (Å²) in [4.78, 5) is 36.8. The van der Waals surface area contributed by atoms with Gasteiger partial charge in [0.2, 0.25) is 10.2 Å². The van der Waals surface area contributed by atoms with Crippen molar-refractivity contribution >= 4 is 45.6 Å². The minimum absolute atomic E-state index is 0.0922. The fourth-order valence-corrected chi connectivity index (χ4v) is 3.20. The third kappa shape index (κ3) is 6.55. The average molecular weight is 395 g/mol. The van der Waals surface area contributed by atoms with Gasteiger partial charge in [-0.2, -0.15) is 0 Å². The molecule has 0 bridgehead atoms. The molecule has 0 aliphatic heterocycles. The van der Waals surface area contributed by atoms with Gasteiger partial charge in [-0.25, -0.2) is 0 Å². The second kappa shape index (κ2) is 9.90. The largest absolute Gasteiger partial charge is 0.289 e. The van der Waals surface area contributed by atoms with Gasteiger partial charge in [0, 0.05) is 15.4 Å². The van der Waals surface area contributed by atoms with Crippen LogP contribution in [0, 0.1) is 0 Å². The molecule has 0 saturated heterocycles. The van der Waals surface area contributed by atoms with Gasteiger partial charge in [0.25, 0.3) is 0 Å². The molecule has 0 amide bonds. The second-order valence-electron chi connectivity index (χ2n) is 5.59. The summed E-state index contributed by atoms with van der Waals surface area (Å²) in [6.45, 7) is 8.72. The molecular weight excluding hydrogens is 376 g/mol. The van der Waals surface area contributed by atoms with Crippen LogP contribution in [0.15, 0.2) is 89.2 Å². The first-order chi connectivity index (χ1) is 12.9. The molecular formula is C22H18O3S2. The van der Waals surface area contributed by atoms with Crippen LogP contribution in [0.3, 0.4) is 0 Å². The Morgan fingerprint density at radius 2 is 1.44 bits per heavy atom. The van der Waals surface area contributed by atoms with Crippen LogP contribution in [0.5, 0.6) is 0 Å². The summed E-state index contributed by atoms with van der Waals surface area (Å²) in [6.07, 6.45) is 4.49. The van der Waals surface area contributed by atoms with Gasteiger partial charge >= 0.3 is 0 Å². The number of hydrogen-bond acceptors (Lipinski definition) is 5. The maximum absolute atomic E-state index is 12.3. The molecule has 0 radical (unpaired) electrons. The predicted octanol–water partition coefficient (Wildman–Crippen LogP) is 5.58. The molecule has 0 saturated carbocycles. The number of rotatable bonds is 7. The van der Waals surface area contributed by atoms with E-state index in [4.69, 9.17) is 0 Å². The third-order valence-electron chi connectivity index (χ3n) is 3.39. The van der Waals surface area contributed by atoms with Crippen molar-refractivity contribution in [2.24, 2.45) is 0 Å². The average Bonchev–Trinajstić information content (AvgIpc) is 2.67. The summed E-state index contributed by atoms with van der Waals surface area (Å²) in [5, 5.41) is -0.203. The quantitative estimate of drug-likeness (QED) is 0.348. The lowest BCUT2D eigenvalue weighted by Crippen LogP contribution is -1.95. The number of hydrogen-bond donors (Lipinski definition) is 0. The highest BCUT2D eigenvalue weighted by molar-refractivity contribution is 8.14. The Morgan fingerprint density at radius 3 is 2.00 bits per heavy atom. The van der Waals surface area contributed by atoms with E-state index < -0.39 is 0 Å². The molecule has 3 nitrogen and oxygen atoms in total. The van der Waals surface area contributed by atoms with Crippen LogP contribution in [-0.2, 0) is 9.59 Å². The molecule has 0 spiro atoms. The van der Waals surface area contributed by atoms with Crippen molar-refractivity contribution in [3.63, 3.8) is 0 Å². The lowest BCUT2D eigenvalue weighted by molar-refractivity contribution is -0.108. The smallest absolute Gasteiger partial charge is 0.219 e. The van der Waals surface area contributed by atoms with E-state index in [-0.39, 0.29) is 16.0 Å². The first-order valence-electron chi connectivity index (χ1n) is 8.03. The van der Waals surface area contributed by atoms with Gasteiger partial charge < -0.3 is 0 Å². The highest BCUT2D eigenvalue weighted by Gasteiger charge is 2.07. The molecule has 0 aliphatic carbocycles. The number of carbonyl (C=O) groups excluding carboxylic acids is 3. The molecule has 0 unspecified atom stereocenters. The SMILES string of the molecule is C=CC(=O)Sc1ccc(C=CC(=O)c2ccc(SC(=O)C(=C)C)cc2)cc1. The molecule has 0 heterocycles. The molecule has 0 aromatic heterocycles. The van der Waals surface area contributed by atoms with E-state index in [0.717, 1.165) is 38.9 Å². The molecule has 0 aliphatic rings. The van der Waals surface area contributed by atoms with Crippen molar-refractivity contribution < 1.29 is 14.4 Å². The van der Waals surface area contributed by atoms with Gasteiger partial charge in [0.1, 0.15) is 0 Å². The van der Waals surface area contributed by atoms with Gasteiger partial charge in [-0.3, -0.25) is 14.4 Å². The van der Waals surface area contributed by atoms with Crippen molar-refractivity contribution in [2.75, 3.05) is 0 Å². The summed E-state index contributed by atoms with van der Waals surface area (Å²) in [6, 6.07) is 14.2. The maximum atomic E-state index is 12.3. The Hall–Kier alpha value is -2.63. The van der Waals surface area contributed by atoms with E-state index in [0.29, 0.717) is 11.1 Å². The van der Waals surface area contributed by atoms with E-state index in [1.54, 1.807) is 37.3 Å². The van der Waals surface area contributed by atoms with Crippen LogP contribution in [0.25, 0.3) is 6.08 Å². The number of carbonyl (C=O) groups is 3. The number of ketones is 1. The predicted molar refractivity (Wildman–Crippen MR) is 113 cm³/mol. The Labute approximate surface area is 167 Å². The first-order valence-corrected chi connectivity index (χ1v) is 9.67. The second-order valence-corrected chi connectivity index (χ2v) is 7.71. The Kier molecular flexibility index (Phi) is 7.58. The maximum Gasteiger partial charge on any atom is 0.219 e. The van der Waals surface area contributed by atoms with Crippen LogP contribution in [0.1, 0.15) is 22.8 Å². The molecule has 0 fully saturated rings. The lowest BCUT2D eigenvalue weighted by Gasteiger charge is -2.01. The fourth-order valence-electron chi connectivity index (χ4n) is 1.95. The summed E-state index contributed by atoms with van der Waals surface area (Å²) in [5.74, 6) is -0.127. The van der Waals surface area contributed by atoms with E-state index in [9.17, 15) is 14.4 Å². The van der Waals surface area contributed by atoms with Gasteiger partial charge in [-0.05, 0) is 90.1 Å². The van der Waals surface area contributed by atoms with Gasteiger partial charge in [-0.1, -0.05) is 31.4 Å². The summed E-state index contributed by atoms with van der Waals surface area (Å²) < 4.78 is 0. The zero-order valence-corrected chi connectivity index (χ0v) is 16.4. The highest BCUT2D eigenvalue weighted by atomic mass is 32.2. The molecule has 0 N–H and O–H groups in total. The number of benzene rings is 2.